The molecule has 0 saturated carbocycles. The average molecular weight is 401 g/mol. The van der Waals surface area contributed by atoms with E-state index < -0.39 is 0 Å². The van der Waals surface area contributed by atoms with Gasteiger partial charge in [-0.15, -0.1) is 0 Å². The summed E-state index contributed by atoms with van der Waals surface area (Å²) in [5.74, 6) is 0.211. The van der Waals surface area contributed by atoms with Crippen molar-refractivity contribution in [3.63, 3.8) is 0 Å². The third kappa shape index (κ3) is 4.86. The molecule has 1 amide bonds. The molecule has 0 bridgehead atoms. The van der Waals surface area contributed by atoms with Crippen LogP contribution in [0.15, 0.2) is 42.6 Å². The predicted molar refractivity (Wildman–Crippen MR) is 107 cm³/mol. The van der Waals surface area contributed by atoms with E-state index in [4.69, 9.17) is 16.3 Å². The number of esters is 1. The molecule has 0 spiro atoms. The number of amides is 1. The van der Waals surface area contributed by atoms with E-state index in [1.165, 1.54) is 0 Å². The number of halogens is 1. The van der Waals surface area contributed by atoms with Crippen molar-refractivity contribution in [3.8, 4) is 11.4 Å². The second kappa shape index (κ2) is 9.32. The van der Waals surface area contributed by atoms with Crippen LogP contribution in [-0.4, -0.2) is 39.6 Å². The van der Waals surface area contributed by atoms with Crippen molar-refractivity contribution < 1.29 is 14.3 Å². The molecule has 2 aromatic heterocycles. The first-order valence-electron chi connectivity index (χ1n) is 9.08. The maximum atomic E-state index is 12.4. The maximum Gasteiger partial charge on any atom is 0.305 e. The molecule has 28 heavy (non-hydrogen) atoms. The number of rotatable bonds is 8. The fraction of sp³-hybridized carbons (Fsp3) is 0.300. The number of hydrogen-bond acceptors (Lipinski definition) is 5. The molecule has 0 radical (unpaired) electrons. The Morgan fingerprint density at radius 2 is 2.00 bits per heavy atom. The lowest BCUT2D eigenvalue weighted by Crippen LogP contribution is -2.29. The van der Waals surface area contributed by atoms with E-state index in [1.54, 1.807) is 35.9 Å². The van der Waals surface area contributed by atoms with E-state index in [9.17, 15) is 9.59 Å². The number of ether oxygens (including phenoxy) is 1. The second-order valence-corrected chi connectivity index (χ2v) is 6.57. The molecule has 3 rings (SSSR count). The summed E-state index contributed by atoms with van der Waals surface area (Å²) >= 11 is 5.98. The number of nitrogens with zero attached hydrogens (tertiary/aromatic N) is 3. The Labute approximate surface area is 167 Å². The topological polar surface area (TPSA) is 86.1 Å². The lowest BCUT2D eigenvalue weighted by atomic mass is 10.2. The van der Waals surface area contributed by atoms with Gasteiger partial charge in [-0.3, -0.25) is 14.2 Å². The van der Waals surface area contributed by atoms with Crippen molar-refractivity contribution >= 4 is 34.6 Å². The SMILES string of the molecule is CCOC(=O)CCCNC(=O)Cn1c(-c2ccc(Cl)cc2)nc2cccnc21. The van der Waals surface area contributed by atoms with E-state index >= 15 is 0 Å². The summed E-state index contributed by atoms with van der Waals surface area (Å²) in [6.45, 7) is 2.60. The van der Waals surface area contributed by atoms with Gasteiger partial charge in [-0.05, 0) is 49.7 Å². The molecule has 0 aliphatic heterocycles. The molecule has 2 heterocycles. The monoisotopic (exact) mass is 400 g/mol. The summed E-state index contributed by atoms with van der Waals surface area (Å²) in [4.78, 5) is 32.8. The highest BCUT2D eigenvalue weighted by molar-refractivity contribution is 6.30. The van der Waals surface area contributed by atoms with Gasteiger partial charge in [0.1, 0.15) is 17.9 Å². The minimum absolute atomic E-state index is 0.0743. The number of imidazole rings is 1. The van der Waals surface area contributed by atoms with Crippen molar-refractivity contribution in [2.24, 2.45) is 0 Å². The van der Waals surface area contributed by atoms with Crippen molar-refractivity contribution in [2.75, 3.05) is 13.2 Å². The van der Waals surface area contributed by atoms with Crippen LogP contribution < -0.4 is 5.32 Å². The van der Waals surface area contributed by atoms with Crippen LogP contribution in [0.3, 0.4) is 0 Å². The van der Waals surface area contributed by atoms with Gasteiger partial charge in [-0.1, -0.05) is 11.6 Å². The lowest BCUT2D eigenvalue weighted by Gasteiger charge is -2.10. The highest BCUT2D eigenvalue weighted by Crippen LogP contribution is 2.24. The molecule has 0 fully saturated rings. The van der Waals surface area contributed by atoms with Crippen LogP contribution in [0, 0.1) is 0 Å². The number of benzene rings is 1. The number of pyridine rings is 1. The predicted octanol–water partition coefficient (Wildman–Crippen LogP) is 3.21. The number of fused-ring (bicyclic) bond motifs is 1. The first-order valence-corrected chi connectivity index (χ1v) is 9.45. The Hall–Kier alpha value is -2.93. The lowest BCUT2D eigenvalue weighted by molar-refractivity contribution is -0.143. The molecule has 1 aromatic carbocycles. The van der Waals surface area contributed by atoms with Gasteiger partial charge in [0.25, 0.3) is 0 Å². The molecular formula is C20H21ClN4O3. The van der Waals surface area contributed by atoms with Gasteiger partial charge in [0.05, 0.1) is 6.61 Å². The Morgan fingerprint density at radius 1 is 1.21 bits per heavy atom. The van der Waals surface area contributed by atoms with Gasteiger partial charge in [0.2, 0.25) is 5.91 Å². The smallest absolute Gasteiger partial charge is 0.305 e. The molecule has 8 heteroatoms. The zero-order chi connectivity index (χ0) is 19.9. The van der Waals surface area contributed by atoms with Gasteiger partial charge in [0, 0.05) is 29.7 Å². The first-order chi connectivity index (χ1) is 13.6. The number of aromatic nitrogens is 3. The Bertz CT molecular complexity index is 969. The Kier molecular flexibility index (Phi) is 6.60. The van der Waals surface area contributed by atoms with Crippen molar-refractivity contribution in [1.82, 2.24) is 19.9 Å². The summed E-state index contributed by atoms with van der Waals surface area (Å²) in [5.41, 5.74) is 2.19. The molecule has 1 N–H and O–H groups in total. The van der Waals surface area contributed by atoms with Crippen LogP contribution in [0.25, 0.3) is 22.6 Å². The summed E-state index contributed by atoms with van der Waals surface area (Å²) < 4.78 is 6.65. The van der Waals surface area contributed by atoms with E-state index in [-0.39, 0.29) is 24.8 Å². The largest absolute Gasteiger partial charge is 0.466 e. The fourth-order valence-electron chi connectivity index (χ4n) is 2.82. The molecular weight excluding hydrogens is 380 g/mol. The molecule has 0 aliphatic rings. The quantitative estimate of drug-likeness (QED) is 0.463. The zero-order valence-corrected chi connectivity index (χ0v) is 16.3. The standard InChI is InChI=1S/C20H21ClN4O3/c1-2-28-18(27)6-4-11-22-17(26)13-25-19(14-7-9-15(21)10-8-14)24-16-5-3-12-23-20(16)25/h3,5,7-10,12H,2,4,6,11,13H2,1H3,(H,22,26). The Morgan fingerprint density at radius 3 is 2.75 bits per heavy atom. The molecule has 0 saturated heterocycles. The minimum atomic E-state index is -0.258. The van der Waals surface area contributed by atoms with E-state index in [1.807, 2.05) is 18.2 Å². The van der Waals surface area contributed by atoms with Gasteiger partial charge in [-0.25, -0.2) is 9.97 Å². The number of carbonyl (C=O) groups is 2. The highest BCUT2D eigenvalue weighted by atomic mass is 35.5. The second-order valence-electron chi connectivity index (χ2n) is 6.13. The zero-order valence-electron chi connectivity index (χ0n) is 15.5. The van der Waals surface area contributed by atoms with Gasteiger partial charge in [0.15, 0.2) is 5.65 Å². The van der Waals surface area contributed by atoms with Gasteiger partial charge < -0.3 is 10.1 Å². The van der Waals surface area contributed by atoms with Crippen LogP contribution >= 0.6 is 11.6 Å². The van der Waals surface area contributed by atoms with E-state index in [2.05, 4.69) is 15.3 Å². The summed E-state index contributed by atoms with van der Waals surface area (Å²) in [6, 6.07) is 10.9. The highest BCUT2D eigenvalue weighted by Gasteiger charge is 2.16. The third-order valence-electron chi connectivity index (χ3n) is 4.09. The van der Waals surface area contributed by atoms with Crippen LogP contribution in [0.1, 0.15) is 19.8 Å². The molecule has 3 aromatic rings. The van der Waals surface area contributed by atoms with Crippen LogP contribution in [0.5, 0.6) is 0 Å². The van der Waals surface area contributed by atoms with Crippen LogP contribution in [0.4, 0.5) is 0 Å². The van der Waals surface area contributed by atoms with Crippen molar-refractivity contribution in [1.29, 1.82) is 0 Å². The van der Waals surface area contributed by atoms with E-state index in [0.29, 0.717) is 41.6 Å². The molecule has 0 atom stereocenters. The Balaban J connectivity index is 1.73. The molecule has 0 aliphatic carbocycles. The van der Waals surface area contributed by atoms with Crippen LogP contribution in [-0.2, 0) is 20.9 Å². The van der Waals surface area contributed by atoms with Crippen molar-refractivity contribution in [3.05, 3.63) is 47.6 Å². The van der Waals surface area contributed by atoms with E-state index in [0.717, 1.165) is 5.56 Å². The van der Waals surface area contributed by atoms with Crippen LogP contribution in [0.2, 0.25) is 5.02 Å². The van der Waals surface area contributed by atoms with Gasteiger partial charge >= 0.3 is 5.97 Å². The molecule has 0 unspecified atom stereocenters. The summed E-state index contributed by atoms with van der Waals surface area (Å²) in [7, 11) is 0. The maximum absolute atomic E-state index is 12.4. The number of carbonyl (C=O) groups excluding carboxylic acids is 2. The average Bonchev–Trinajstić information content (AvgIpc) is 3.04. The van der Waals surface area contributed by atoms with Crippen molar-refractivity contribution in [2.45, 2.75) is 26.3 Å². The molecule has 146 valence electrons. The fourth-order valence-corrected chi connectivity index (χ4v) is 2.95. The third-order valence-corrected chi connectivity index (χ3v) is 4.35. The number of nitrogens with one attached hydrogen (secondary N) is 1. The minimum Gasteiger partial charge on any atom is -0.466 e. The summed E-state index contributed by atoms with van der Waals surface area (Å²) in [6.07, 6.45) is 2.47. The van der Waals surface area contributed by atoms with Gasteiger partial charge in [-0.2, -0.15) is 0 Å². The molecule has 7 nitrogen and oxygen atoms in total. The first kappa shape index (κ1) is 19.8. The normalized spacial score (nSPS) is 10.8. The number of hydrogen-bond donors (Lipinski definition) is 1. The summed E-state index contributed by atoms with van der Waals surface area (Å²) in [5, 5.41) is 3.46.